The van der Waals surface area contributed by atoms with Crippen molar-refractivity contribution in [2.75, 3.05) is 27.8 Å². The van der Waals surface area contributed by atoms with Gasteiger partial charge in [-0.05, 0) is 52.1 Å². The molecule has 0 saturated carbocycles. The van der Waals surface area contributed by atoms with E-state index in [-0.39, 0.29) is 77.2 Å². The zero-order valence-corrected chi connectivity index (χ0v) is 33.5. The Morgan fingerprint density at radius 1 is 0.948 bits per heavy atom. The second kappa shape index (κ2) is 15.3. The lowest BCUT2D eigenvalue weighted by Gasteiger charge is -2.52. The number of aliphatic hydroxyl groups is 1. The molecule has 3 N–H and O–H groups in total. The minimum atomic E-state index is -1.76. The minimum Gasteiger partial charge on any atom is -0.507 e. The first kappa shape index (κ1) is 40.9. The van der Waals surface area contributed by atoms with Gasteiger partial charge in [0.15, 0.2) is 30.4 Å². The van der Waals surface area contributed by atoms with Crippen LogP contribution in [0.15, 0.2) is 24.3 Å². The van der Waals surface area contributed by atoms with Crippen molar-refractivity contribution in [2.24, 2.45) is 5.92 Å². The molecule has 4 aliphatic heterocycles. The summed E-state index contributed by atoms with van der Waals surface area (Å²) in [6.45, 7) is 7.22. The largest absolute Gasteiger partial charge is 0.507 e. The number of benzene rings is 2. The zero-order chi connectivity index (χ0) is 41.5. The average Bonchev–Trinajstić information content (AvgIpc) is 3.18. The smallest absolute Gasteiger partial charge is 0.316 e. The van der Waals surface area contributed by atoms with Gasteiger partial charge in [0.2, 0.25) is 5.78 Å². The summed E-state index contributed by atoms with van der Waals surface area (Å²) in [6, 6.07) is 5.13. The number of ether oxygens (including phenoxy) is 8. The number of nitrogens with zero attached hydrogens (tertiary/aromatic N) is 1. The van der Waals surface area contributed by atoms with E-state index in [1.807, 2.05) is 32.8 Å². The Balaban J connectivity index is 1.10. The maximum atomic E-state index is 14.0. The molecule has 58 heavy (non-hydrogen) atoms. The van der Waals surface area contributed by atoms with Crippen LogP contribution in [0.25, 0.3) is 0 Å². The fourth-order valence-corrected chi connectivity index (χ4v) is 9.69. The summed E-state index contributed by atoms with van der Waals surface area (Å²) in [5, 5.41) is 34.8. The van der Waals surface area contributed by atoms with Gasteiger partial charge < -0.3 is 58.1 Å². The Hall–Kier alpha value is -3.84. The van der Waals surface area contributed by atoms with Crippen LogP contribution in [0.5, 0.6) is 11.5 Å². The fourth-order valence-electron chi connectivity index (χ4n) is 9.69. The summed E-state index contributed by atoms with van der Waals surface area (Å²) in [7, 11) is 4.96. The first-order valence-electron chi connectivity index (χ1n) is 19.9. The van der Waals surface area contributed by atoms with Gasteiger partial charge in [0.25, 0.3) is 0 Å². The molecule has 0 bridgehead atoms. The summed E-state index contributed by atoms with van der Waals surface area (Å²) >= 11 is 0. The van der Waals surface area contributed by atoms with Gasteiger partial charge in [-0.3, -0.25) is 19.2 Å². The Morgan fingerprint density at radius 2 is 1.71 bits per heavy atom. The van der Waals surface area contributed by atoms with Crippen LogP contribution in [-0.2, 0) is 47.5 Å². The highest BCUT2D eigenvalue weighted by atomic mass is 16.8. The minimum absolute atomic E-state index is 0.0333. The van der Waals surface area contributed by atoms with Crippen molar-refractivity contribution >= 4 is 23.3 Å². The monoisotopic (exact) mass is 809 g/mol. The number of carbonyl (C=O) groups excluding carboxylic acids is 4. The van der Waals surface area contributed by atoms with Crippen molar-refractivity contribution < 1.29 is 72.4 Å². The number of carbonyl (C=O) groups is 4. The molecule has 0 spiro atoms. The molecule has 8 rings (SSSR count). The third kappa shape index (κ3) is 6.66. The van der Waals surface area contributed by atoms with Gasteiger partial charge in [-0.1, -0.05) is 26.0 Å². The van der Waals surface area contributed by atoms with Crippen molar-refractivity contribution in [2.45, 2.75) is 133 Å². The van der Waals surface area contributed by atoms with Crippen LogP contribution >= 0.6 is 0 Å². The molecule has 0 aromatic heterocycles. The number of hydrogen-bond acceptors (Lipinski definition) is 16. The third-order valence-electron chi connectivity index (χ3n) is 12.9. The Morgan fingerprint density at radius 3 is 2.41 bits per heavy atom. The number of esters is 1. The standard InChI is InChI=1S/C42H51NO15/c1-8-42(50)15-27(30-21(32(42)39(49)51-7)13-22-31(35(30)48)34(47)29-20(33(22)46)10-9-11-24(29)44)55-28-14-23(43(5)6)37(19(4)54-28)58-41-38-26(12-17(2)53-41)56-40-36(57-38)18(3)25(45)16-52-40/h9-11,13,17-19,23,26-28,32,36-38,40-41,44,48,50H,8,12,14-16H2,1-7H3. The van der Waals surface area contributed by atoms with Gasteiger partial charge in [0.05, 0.1) is 48.3 Å². The van der Waals surface area contributed by atoms with Gasteiger partial charge in [0, 0.05) is 47.9 Å². The van der Waals surface area contributed by atoms with Gasteiger partial charge in [-0.15, -0.1) is 0 Å². The molecule has 16 nitrogen and oxygen atoms in total. The van der Waals surface area contributed by atoms with E-state index in [1.165, 1.54) is 31.4 Å². The quantitative estimate of drug-likeness (QED) is 0.293. The Labute approximate surface area is 335 Å². The fraction of sp³-hybridized carbons (Fsp3) is 0.619. The van der Waals surface area contributed by atoms with E-state index in [1.54, 1.807) is 13.8 Å². The van der Waals surface area contributed by atoms with E-state index in [0.29, 0.717) is 6.42 Å². The molecule has 314 valence electrons. The van der Waals surface area contributed by atoms with Gasteiger partial charge in [-0.25, -0.2) is 0 Å². The number of Topliss-reactive ketones (excluding diaryl/α,β-unsaturated/α-hetero) is 1. The Kier molecular flexibility index (Phi) is 10.8. The first-order valence-corrected chi connectivity index (χ1v) is 19.9. The molecule has 4 heterocycles. The van der Waals surface area contributed by atoms with E-state index >= 15 is 0 Å². The van der Waals surface area contributed by atoms with Crippen molar-refractivity contribution in [3.05, 3.63) is 57.6 Å². The first-order chi connectivity index (χ1) is 27.6. The predicted octanol–water partition coefficient (Wildman–Crippen LogP) is 3.03. The number of likely N-dealkylation sites (N-methyl/N-ethyl adjacent to an activating group) is 1. The Bertz CT molecular complexity index is 2000. The van der Waals surface area contributed by atoms with Crippen LogP contribution in [0, 0.1) is 5.92 Å². The predicted molar refractivity (Wildman–Crippen MR) is 199 cm³/mol. The average molecular weight is 810 g/mol. The lowest BCUT2D eigenvalue weighted by atomic mass is 9.67. The third-order valence-corrected chi connectivity index (χ3v) is 12.9. The number of aromatic hydroxyl groups is 2. The molecule has 16 heteroatoms. The maximum absolute atomic E-state index is 14.0. The lowest BCUT2D eigenvalue weighted by Crippen LogP contribution is -2.65. The van der Waals surface area contributed by atoms with Crippen molar-refractivity contribution in [3.63, 3.8) is 0 Å². The second-order valence-electron chi connectivity index (χ2n) is 16.6. The molecule has 14 unspecified atom stereocenters. The highest BCUT2D eigenvalue weighted by molar-refractivity contribution is 6.30. The molecule has 14 atom stereocenters. The number of fused-ring (bicyclic) bond motifs is 5. The number of phenolic OH excluding ortho intramolecular Hbond substituents is 2. The molecule has 4 fully saturated rings. The number of phenols is 2. The molecule has 0 amide bonds. The molecule has 2 aromatic rings. The summed E-state index contributed by atoms with van der Waals surface area (Å²) in [6.07, 6.45) is -6.10. The zero-order valence-electron chi connectivity index (χ0n) is 33.5. The van der Waals surface area contributed by atoms with Crippen LogP contribution < -0.4 is 0 Å². The number of ketones is 3. The topological polar surface area (TPSA) is 206 Å². The highest BCUT2D eigenvalue weighted by Gasteiger charge is 2.55. The van der Waals surface area contributed by atoms with E-state index in [4.69, 9.17) is 37.9 Å². The normalized spacial score (nSPS) is 38.3. The second-order valence-corrected chi connectivity index (χ2v) is 16.6. The van der Waals surface area contributed by atoms with Crippen LogP contribution in [0.4, 0.5) is 0 Å². The highest BCUT2D eigenvalue weighted by Crippen LogP contribution is 2.54. The van der Waals surface area contributed by atoms with Gasteiger partial charge in [-0.2, -0.15) is 0 Å². The number of methoxy groups -OCH3 is 1. The molecule has 2 aliphatic carbocycles. The molecular formula is C42H51NO15. The van der Waals surface area contributed by atoms with Crippen LogP contribution in [0.1, 0.15) is 108 Å². The molecule has 2 aromatic carbocycles. The molecular weight excluding hydrogens is 758 g/mol. The van der Waals surface area contributed by atoms with Crippen LogP contribution in [0.3, 0.4) is 0 Å². The van der Waals surface area contributed by atoms with E-state index in [0.717, 1.165) is 0 Å². The van der Waals surface area contributed by atoms with Gasteiger partial charge in [0.1, 0.15) is 42.3 Å². The van der Waals surface area contributed by atoms with Crippen molar-refractivity contribution in [3.8, 4) is 11.5 Å². The van der Waals surface area contributed by atoms with Crippen molar-refractivity contribution in [1.82, 2.24) is 4.90 Å². The van der Waals surface area contributed by atoms with E-state index in [9.17, 15) is 34.5 Å². The molecule has 4 saturated heterocycles. The number of hydrogen-bond donors (Lipinski definition) is 3. The summed E-state index contributed by atoms with van der Waals surface area (Å²) in [4.78, 5) is 55.7. The summed E-state index contributed by atoms with van der Waals surface area (Å²) < 4.78 is 49.9. The van der Waals surface area contributed by atoms with E-state index < -0.39 is 102 Å². The van der Waals surface area contributed by atoms with Crippen LogP contribution in [-0.4, -0.2) is 138 Å². The number of rotatable bonds is 7. The van der Waals surface area contributed by atoms with E-state index in [2.05, 4.69) is 0 Å². The molecule has 6 aliphatic rings. The lowest BCUT2D eigenvalue weighted by molar-refractivity contribution is -0.386. The van der Waals surface area contributed by atoms with Gasteiger partial charge >= 0.3 is 5.97 Å². The molecule has 0 radical (unpaired) electrons. The summed E-state index contributed by atoms with van der Waals surface area (Å²) in [5.74, 6) is -5.08. The van der Waals surface area contributed by atoms with Crippen molar-refractivity contribution in [1.29, 1.82) is 0 Å². The van der Waals surface area contributed by atoms with Crippen LogP contribution in [0.2, 0.25) is 0 Å². The summed E-state index contributed by atoms with van der Waals surface area (Å²) in [5.41, 5.74) is -2.46. The maximum Gasteiger partial charge on any atom is 0.316 e. The SMILES string of the molecule is CCC1(O)CC(OC2CC(N(C)C)C(OC3OC(C)CC4OC5OCC(=O)C(C)C5OC43)C(C)O2)c2c(cc3c(c2O)C(=O)c2c(O)cccc2C3=O)C1C(=O)OC.